The molecule has 3 rings (SSSR count). The van der Waals surface area contributed by atoms with Gasteiger partial charge >= 0.3 is 0 Å². The highest BCUT2D eigenvalue weighted by atomic mass is 79.9. The third-order valence-electron chi connectivity index (χ3n) is 2.84. The molecule has 2 heterocycles. The zero-order valence-electron chi connectivity index (χ0n) is 9.61. The van der Waals surface area contributed by atoms with Gasteiger partial charge in [0.15, 0.2) is 5.17 Å². The summed E-state index contributed by atoms with van der Waals surface area (Å²) in [5.74, 6) is -0.225. The second kappa shape index (κ2) is 5.35. The molecule has 6 heteroatoms. The van der Waals surface area contributed by atoms with Crippen molar-refractivity contribution in [2.24, 2.45) is 4.99 Å². The molecule has 2 aliphatic heterocycles. The largest absolute Gasteiger partial charge is 0.318 e. The Kier molecular flexibility index (Phi) is 4.18. The average molecular weight is 394 g/mol. The number of hydrogen-bond acceptors (Lipinski definition) is 3. The number of amidine groups is 1. The summed E-state index contributed by atoms with van der Waals surface area (Å²) in [4.78, 5) is 7.78. The van der Waals surface area contributed by atoms with Crippen molar-refractivity contribution >= 4 is 55.5 Å². The van der Waals surface area contributed by atoms with Crippen LogP contribution >= 0.6 is 44.7 Å². The highest BCUT2D eigenvalue weighted by Crippen LogP contribution is 2.41. The van der Waals surface area contributed by atoms with Gasteiger partial charge in [-0.15, -0.1) is 17.0 Å². The van der Waals surface area contributed by atoms with Gasteiger partial charge in [-0.3, -0.25) is 4.99 Å². The highest BCUT2D eigenvalue weighted by molar-refractivity contribution is 9.10. The Morgan fingerprint density at radius 3 is 2.94 bits per heavy atom. The standard InChI is InChI=1S/C12H10BrFN2S.BrH/c1-7-11(16-5-4-15-12(16)17-7)8-2-3-9(13)10(14)6-8;/h2-3,6H,4-5H2,1H3;1H. The topological polar surface area (TPSA) is 15.6 Å². The van der Waals surface area contributed by atoms with Crippen LogP contribution in [-0.2, 0) is 0 Å². The number of fused-ring (bicyclic) bond motifs is 1. The van der Waals surface area contributed by atoms with Crippen molar-refractivity contribution in [3.05, 3.63) is 39.0 Å². The van der Waals surface area contributed by atoms with Gasteiger partial charge < -0.3 is 4.90 Å². The van der Waals surface area contributed by atoms with Crippen molar-refractivity contribution in [1.29, 1.82) is 0 Å². The Balaban J connectivity index is 0.00000120. The van der Waals surface area contributed by atoms with Crippen molar-refractivity contribution in [2.75, 3.05) is 13.1 Å². The summed E-state index contributed by atoms with van der Waals surface area (Å²) >= 11 is 4.85. The fraction of sp³-hybridized carbons (Fsp3) is 0.250. The van der Waals surface area contributed by atoms with E-state index in [0.717, 1.165) is 29.5 Å². The highest BCUT2D eigenvalue weighted by Gasteiger charge is 2.31. The van der Waals surface area contributed by atoms with Gasteiger partial charge in [-0.1, -0.05) is 17.8 Å². The SMILES string of the molecule is Br.CC1=C(c2ccc(Br)c(F)c2)N2CCN=C2S1. The summed E-state index contributed by atoms with van der Waals surface area (Å²) in [6, 6.07) is 5.26. The van der Waals surface area contributed by atoms with Gasteiger partial charge in [0.1, 0.15) is 5.82 Å². The van der Waals surface area contributed by atoms with Crippen LogP contribution in [0.1, 0.15) is 12.5 Å². The Labute approximate surface area is 128 Å². The number of hydrogen-bond donors (Lipinski definition) is 0. The summed E-state index contributed by atoms with van der Waals surface area (Å²) < 4.78 is 14.1. The summed E-state index contributed by atoms with van der Waals surface area (Å²) in [5, 5.41) is 1.04. The third kappa shape index (κ3) is 2.26. The van der Waals surface area contributed by atoms with Crippen LogP contribution in [0.2, 0.25) is 0 Å². The van der Waals surface area contributed by atoms with E-state index in [-0.39, 0.29) is 22.8 Å². The summed E-state index contributed by atoms with van der Waals surface area (Å²) in [7, 11) is 0. The van der Waals surface area contributed by atoms with Crippen LogP contribution in [0.5, 0.6) is 0 Å². The molecular formula is C12H11Br2FN2S. The fourth-order valence-corrected chi connectivity index (χ4v) is 3.39. The molecule has 0 aromatic heterocycles. The second-order valence-corrected chi connectivity index (χ2v) is 5.99. The predicted molar refractivity (Wildman–Crippen MR) is 83.6 cm³/mol. The van der Waals surface area contributed by atoms with Crippen LogP contribution in [0.15, 0.2) is 32.6 Å². The molecule has 0 saturated carbocycles. The smallest absolute Gasteiger partial charge is 0.168 e. The number of halogens is 3. The molecule has 0 spiro atoms. The molecule has 0 radical (unpaired) electrons. The van der Waals surface area contributed by atoms with E-state index in [1.807, 2.05) is 6.07 Å². The number of aliphatic imine (C=N–C) groups is 1. The monoisotopic (exact) mass is 392 g/mol. The first-order chi connectivity index (χ1) is 8.16. The zero-order chi connectivity index (χ0) is 12.0. The lowest BCUT2D eigenvalue weighted by molar-refractivity contribution is 0.616. The van der Waals surface area contributed by atoms with Crippen molar-refractivity contribution in [3.8, 4) is 0 Å². The molecule has 0 unspecified atom stereocenters. The molecule has 2 aliphatic rings. The molecule has 1 aromatic carbocycles. The van der Waals surface area contributed by atoms with E-state index in [9.17, 15) is 4.39 Å². The van der Waals surface area contributed by atoms with Crippen LogP contribution in [0.3, 0.4) is 0 Å². The van der Waals surface area contributed by atoms with E-state index in [1.165, 1.54) is 4.91 Å². The fourth-order valence-electron chi connectivity index (χ4n) is 2.10. The van der Waals surface area contributed by atoms with Gasteiger partial charge in [0.25, 0.3) is 0 Å². The van der Waals surface area contributed by atoms with Gasteiger partial charge in [-0.25, -0.2) is 4.39 Å². The van der Waals surface area contributed by atoms with Crippen LogP contribution in [0, 0.1) is 5.82 Å². The van der Waals surface area contributed by atoms with E-state index in [0.29, 0.717) is 4.47 Å². The lowest BCUT2D eigenvalue weighted by Gasteiger charge is -2.17. The van der Waals surface area contributed by atoms with Gasteiger partial charge in [0, 0.05) is 17.0 Å². The molecule has 0 aliphatic carbocycles. The molecule has 0 atom stereocenters. The molecule has 0 amide bonds. The summed E-state index contributed by atoms with van der Waals surface area (Å²) in [5.41, 5.74) is 2.01. The summed E-state index contributed by atoms with van der Waals surface area (Å²) in [6.45, 7) is 3.78. The number of benzene rings is 1. The van der Waals surface area contributed by atoms with Gasteiger partial charge in [0.2, 0.25) is 0 Å². The normalized spacial score (nSPS) is 17.7. The Morgan fingerprint density at radius 2 is 2.22 bits per heavy atom. The molecule has 0 bridgehead atoms. The van der Waals surface area contributed by atoms with Crippen molar-refractivity contribution in [1.82, 2.24) is 4.90 Å². The van der Waals surface area contributed by atoms with Crippen molar-refractivity contribution in [2.45, 2.75) is 6.92 Å². The quantitative estimate of drug-likeness (QED) is 0.707. The first-order valence-corrected chi connectivity index (χ1v) is 6.94. The number of nitrogens with zero attached hydrogens (tertiary/aromatic N) is 2. The molecule has 0 fully saturated rings. The maximum atomic E-state index is 13.6. The molecule has 96 valence electrons. The lowest BCUT2D eigenvalue weighted by Crippen LogP contribution is -2.20. The van der Waals surface area contributed by atoms with Crippen LogP contribution < -0.4 is 0 Å². The number of rotatable bonds is 1. The number of allylic oxidation sites excluding steroid dienone is 1. The molecule has 1 aromatic rings. The van der Waals surface area contributed by atoms with Crippen molar-refractivity contribution < 1.29 is 4.39 Å². The Bertz CT molecular complexity index is 557. The lowest BCUT2D eigenvalue weighted by atomic mass is 10.1. The van der Waals surface area contributed by atoms with Crippen LogP contribution in [0.25, 0.3) is 5.70 Å². The van der Waals surface area contributed by atoms with E-state index < -0.39 is 0 Å². The average Bonchev–Trinajstić information content (AvgIpc) is 2.82. The Morgan fingerprint density at radius 1 is 1.44 bits per heavy atom. The van der Waals surface area contributed by atoms with E-state index in [1.54, 1.807) is 23.9 Å². The Hall–Kier alpha value is -0.330. The number of thioether (sulfide) groups is 1. The third-order valence-corrected chi connectivity index (χ3v) is 4.52. The molecule has 18 heavy (non-hydrogen) atoms. The van der Waals surface area contributed by atoms with E-state index in [4.69, 9.17) is 0 Å². The summed E-state index contributed by atoms with van der Waals surface area (Å²) in [6.07, 6.45) is 0. The van der Waals surface area contributed by atoms with Gasteiger partial charge in [0.05, 0.1) is 16.7 Å². The van der Waals surface area contributed by atoms with Crippen LogP contribution in [0.4, 0.5) is 4.39 Å². The first-order valence-electron chi connectivity index (χ1n) is 5.33. The second-order valence-electron chi connectivity index (χ2n) is 3.95. The minimum Gasteiger partial charge on any atom is -0.318 e. The maximum absolute atomic E-state index is 13.6. The molecule has 0 saturated heterocycles. The van der Waals surface area contributed by atoms with E-state index >= 15 is 0 Å². The van der Waals surface area contributed by atoms with Crippen LogP contribution in [-0.4, -0.2) is 23.2 Å². The van der Waals surface area contributed by atoms with Gasteiger partial charge in [-0.05, 0) is 35.0 Å². The van der Waals surface area contributed by atoms with Crippen molar-refractivity contribution in [3.63, 3.8) is 0 Å². The zero-order valence-corrected chi connectivity index (χ0v) is 13.7. The first kappa shape index (κ1) is 14.1. The molecular weight excluding hydrogens is 383 g/mol. The minimum absolute atomic E-state index is 0. The minimum atomic E-state index is -0.225. The maximum Gasteiger partial charge on any atom is 0.168 e. The van der Waals surface area contributed by atoms with Gasteiger partial charge in [-0.2, -0.15) is 0 Å². The van der Waals surface area contributed by atoms with E-state index in [2.05, 4.69) is 32.7 Å². The molecule has 0 N–H and O–H groups in total. The molecule has 2 nitrogen and oxygen atoms in total. The predicted octanol–water partition coefficient (Wildman–Crippen LogP) is 4.27.